The molecule has 1 N–H and O–H groups in total. The van der Waals surface area contributed by atoms with E-state index < -0.39 is 17.3 Å². The molecule has 2 bridgehead atoms. The maximum absolute atomic E-state index is 13.3. The number of hydrogen-bond donors (Lipinski definition) is 1. The molecule has 192 valence electrons. The topological polar surface area (TPSA) is 49.8 Å². The Morgan fingerprint density at radius 3 is 2.08 bits per heavy atom. The molecule has 2 atom stereocenters. The van der Waals surface area contributed by atoms with Gasteiger partial charge in [0.2, 0.25) is 0 Å². The number of amides is 1. The molecule has 0 aromatic heterocycles. The minimum absolute atomic E-state index is 0.0366. The third-order valence-corrected chi connectivity index (χ3v) is 8.37. The largest absolute Gasteiger partial charge is 0.448 e. The summed E-state index contributed by atoms with van der Waals surface area (Å²) in [6.07, 6.45) is -2.80. The van der Waals surface area contributed by atoms with Gasteiger partial charge in [-0.25, -0.2) is 4.79 Å². The van der Waals surface area contributed by atoms with Crippen LogP contribution in [0.4, 0.5) is 18.0 Å². The molecular formula is C30H28F3NO3. The Balaban J connectivity index is 1.18. The molecule has 0 saturated carbocycles. The number of halogens is 3. The molecule has 3 aromatic rings. The van der Waals surface area contributed by atoms with E-state index in [1.165, 1.54) is 6.07 Å². The molecule has 2 fully saturated rings. The Bertz CT molecular complexity index is 1310. The van der Waals surface area contributed by atoms with Crippen LogP contribution in [0.15, 0.2) is 66.7 Å². The van der Waals surface area contributed by atoms with E-state index in [0.717, 1.165) is 47.2 Å². The zero-order valence-electron chi connectivity index (χ0n) is 20.5. The van der Waals surface area contributed by atoms with Crippen molar-refractivity contribution in [3.8, 4) is 11.1 Å². The SMILES string of the molecule is Cc1cc(C(F)(F)F)ccc1C1(O)CC2CCC(C1)N2C(=O)OCC1c2ccccc2-c2ccccc21. The summed E-state index contributed by atoms with van der Waals surface area (Å²) < 4.78 is 45.3. The van der Waals surface area contributed by atoms with Crippen molar-refractivity contribution in [2.75, 3.05) is 6.61 Å². The first-order valence-corrected chi connectivity index (χ1v) is 12.7. The van der Waals surface area contributed by atoms with Gasteiger partial charge in [-0.15, -0.1) is 0 Å². The summed E-state index contributed by atoms with van der Waals surface area (Å²) in [5.41, 5.74) is 3.52. The van der Waals surface area contributed by atoms with Gasteiger partial charge in [0.1, 0.15) is 6.61 Å². The lowest BCUT2D eigenvalue weighted by atomic mass is 9.78. The van der Waals surface area contributed by atoms with Gasteiger partial charge in [0.25, 0.3) is 0 Å². The zero-order chi connectivity index (χ0) is 25.9. The Morgan fingerprint density at radius 1 is 0.973 bits per heavy atom. The number of rotatable bonds is 3. The van der Waals surface area contributed by atoms with Crippen molar-refractivity contribution in [2.45, 2.75) is 62.4 Å². The Labute approximate surface area is 213 Å². The van der Waals surface area contributed by atoms with Crippen molar-refractivity contribution < 1.29 is 27.8 Å². The summed E-state index contributed by atoms with van der Waals surface area (Å²) in [6, 6.07) is 19.4. The molecule has 7 heteroatoms. The number of carbonyl (C=O) groups is 1. The number of fused-ring (bicyclic) bond motifs is 5. The quantitative estimate of drug-likeness (QED) is 0.425. The fraction of sp³-hybridized carbons (Fsp3) is 0.367. The van der Waals surface area contributed by atoms with Crippen LogP contribution in [0.25, 0.3) is 11.1 Å². The van der Waals surface area contributed by atoms with E-state index in [9.17, 15) is 23.1 Å². The van der Waals surface area contributed by atoms with Gasteiger partial charge in [-0.1, -0.05) is 54.6 Å². The Kier molecular flexibility index (Phi) is 5.60. The van der Waals surface area contributed by atoms with Gasteiger partial charge in [-0.2, -0.15) is 13.2 Å². The smallest absolute Gasteiger partial charge is 0.416 e. The highest BCUT2D eigenvalue weighted by Crippen LogP contribution is 2.48. The van der Waals surface area contributed by atoms with Gasteiger partial charge < -0.3 is 14.7 Å². The Hall–Kier alpha value is -3.32. The van der Waals surface area contributed by atoms with Crippen molar-refractivity contribution in [1.29, 1.82) is 0 Å². The van der Waals surface area contributed by atoms with Gasteiger partial charge in [-0.05, 0) is 65.3 Å². The average Bonchev–Trinajstić information content (AvgIpc) is 3.34. The average molecular weight is 508 g/mol. The second-order valence-corrected chi connectivity index (χ2v) is 10.6. The molecule has 2 heterocycles. The predicted molar refractivity (Wildman–Crippen MR) is 133 cm³/mol. The lowest BCUT2D eigenvalue weighted by Gasteiger charge is -2.44. The zero-order valence-corrected chi connectivity index (χ0v) is 20.5. The number of hydrogen-bond acceptors (Lipinski definition) is 3. The molecule has 2 saturated heterocycles. The molecule has 1 aliphatic carbocycles. The number of alkyl halides is 3. The van der Waals surface area contributed by atoms with E-state index in [-0.39, 0.29) is 43.5 Å². The monoisotopic (exact) mass is 507 g/mol. The normalized spacial score (nSPS) is 24.6. The predicted octanol–water partition coefficient (Wildman–Crippen LogP) is 6.78. The lowest BCUT2D eigenvalue weighted by Crippen LogP contribution is -2.52. The second-order valence-electron chi connectivity index (χ2n) is 10.6. The highest BCUT2D eigenvalue weighted by molar-refractivity contribution is 5.79. The second kappa shape index (κ2) is 8.62. The highest BCUT2D eigenvalue weighted by atomic mass is 19.4. The van der Waals surface area contributed by atoms with E-state index in [1.54, 1.807) is 11.8 Å². The number of aryl methyl sites for hydroxylation is 1. The number of carbonyl (C=O) groups excluding carboxylic acids is 1. The molecular weight excluding hydrogens is 479 g/mol. The van der Waals surface area contributed by atoms with Gasteiger partial charge in [-0.3, -0.25) is 0 Å². The Morgan fingerprint density at radius 2 is 1.54 bits per heavy atom. The summed E-state index contributed by atoms with van der Waals surface area (Å²) in [6.45, 7) is 1.83. The van der Waals surface area contributed by atoms with Crippen LogP contribution in [0.3, 0.4) is 0 Å². The molecule has 37 heavy (non-hydrogen) atoms. The van der Waals surface area contributed by atoms with Crippen molar-refractivity contribution in [3.63, 3.8) is 0 Å². The number of benzene rings is 3. The van der Waals surface area contributed by atoms with Crippen LogP contribution in [0.5, 0.6) is 0 Å². The van der Waals surface area contributed by atoms with Crippen LogP contribution >= 0.6 is 0 Å². The molecule has 3 aromatic carbocycles. The van der Waals surface area contributed by atoms with Crippen LogP contribution in [0.1, 0.15) is 59.4 Å². The molecule has 6 rings (SSSR count). The molecule has 2 aliphatic heterocycles. The van der Waals surface area contributed by atoms with Crippen LogP contribution in [-0.4, -0.2) is 34.8 Å². The third-order valence-electron chi connectivity index (χ3n) is 8.37. The first kappa shape index (κ1) is 24.0. The highest BCUT2D eigenvalue weighted by Gasteiger charge is 2.51. The summed E-state index contributed by atoms with van der Waals surface area (Å²) in [5.74, 6) is -0.0366. The molecule has 2 unspecified atom stereocenters. The van der Waals surface area contributed by atoms with Crippen LogP contribution in [-0.2, 0) is 16.5 Å². The van der Waals surface area contributed by atoms with E-state index in [4.69, 9.17) is 4.74 Å². The summed E-state index contributed by atoms with van der Waals surface area (Å²) >= 11 is 0. The van der Waals surface area contributed by atoms with Crippen molar-refractivity contribution in [3.05, 3.63) is 94.5 Å². The molecule has 3 aliphatic rings. The maximum Gasteiger partial charge on any atom is 0.416 e. The van der Waals surface area contributed by atoms with Gasteiger partial charge in [0.05, 0.1) is 11.2 Å². The van der Waals surface area contributed by atoms with Crippen molar-refractivity contribution in [2.24, 2.45) is 0 Å². The molecule has 4 nitrogen and oxygen atoms in total. The minimum atomic E-state index is -4.43. The van der Waals surface area contributed by atoms with E-state index in [2.05, 4.69) is 24.3 Å². The standard InChI is InChI=1S/C30H28F3NO3/c1-18-14-19(30(31,32)33)10-13-27(18)29(36)15-20-11-12-21(16-29)34(20)28(35)37-17-26-24-8-4-2-6-22(24)23-7-3-5-9-25(23)26/h2-10,13-14,20-21,26,36H,11-12,15-17H2,1H3. The van der Waals surface area contributed by atoms with Crippen molar-refractivity contribution >= 4 is 6.09 Å². The van der Waals surface area contributed by atoms with Gasteiger partial charge in [0.15, 0.2) is 0 Å². The summed E-state index contributed by atoms with van der Waals surface area (Å²) in [4.78, 5) is 15.1. The summed E-state index contributed by atoms with van der Waals surface area (Å²) in [7, 11) is 0. The van der Waals surface area contributed by atoms with Gasteiger partial charge in [0, 0.05) is 30.8 Å². The fourth-order valence-electron chi connectivity index (χ4n) is 6.77. The van der Waals surface area contributed by atoms with Crippen molar-refractivity contribution in [1.82, 2.24) is 4.90 Å². The maximum atomic E-state index is 13.3. The third kappa shape index (κ3) is 4.00. The molecule has 1 amide bonds. The number of piperidine rings is 1. The minimum Gasteiger partial charge on any atom is -0.448 e. The number of nitrogens with zero attached hydrogens (tertiary/aromatic N) is 1. The van der Waals surface area contributed by atoms with E-state index >= 15 is 0 Å². The summed E-state index contributed by atoms with van der Waals surface area (Å²) in [5, 5.41) is 11.6. The molecule has 0 spiro atoms. The number of ether oxygens (including phenoxy) is 1. The molecule has 0 radical (unpaired) electrons. The fourth-order valence-corrected chi connectivity index (χ4v) is 6.77. The van der Waals surface area contributed by atoms with E-state index in [0.29, 0.717) is 11.1 Å². The first-order chi connectivity index (χ1) is 17.7. The first-order valence-electron chi connectivity index (χ1n) is 12.7. The van der Waals surface area contributed by atoms with Crippen LogP contribution in [0, 0.1) is 6.92 Å². The number of aliphatic hydroxyl groups is 1. The van der Waals surface area contributed by atoms with Crippen LogP contribution < -0.4 is 0 Å². The van der Waals surface area contributed by atoms with Gasteiger partial charge >= 0.3 is 12.3 Å². The lowest BCUT2D eigenvalue weighted by molar-refractivity contribution is -0.137. The van der Waals surface area contributed by atoms with E-state index in [1.807, 2.05) is 24.3 Å². The van der Waals surface area contributed by atoms with Crippen LogP contribution in [0.2, 0.25) is 0 Å².